The van der Waals surface area contributed by atoms with Crippen molar-refractivity contribution in [1.29, 1.82) is 0 Å². The minimum Gasteiger partial charge on any atom is -0.456 e. The first-order valence-electron chi connectivity index (χ1n) is 10.2. The number of ether oxygens (including phenoxy) is 1. The van der Waals surface area contributed by atoms with E-state index >= 15 is 0 Å². The molecule has 2 atom stereocenters. The van der Waals surface area contributed by atoms with E-state index in [1.165, 1.54) is 57.4 Å². The highest BCUT2D eigenvalue weighted by Crippen LogP contribution is 2.18. The van der Waals surface area contributed by atoms with Crippen LogP contribution in [-0.4, -0.2) is 23.3 Å². The Morgan fingerprint density at radius 1 is 0.875 bits per heavy atom. The van der Waals surface area contributed by atoms with E-state index in [2.05, 4.69) is 20.4 Å². The molecule has 0 saturated carbocycles. The van der Waals surface area contributed by atoms with Crippen LogP contribution in [0.15, 0.2) is 12.7 Å². The fraction of sp³-hybridized carbons (Fsp3) is 0.857. The highest BCUT2D eigenvalue weighted by Gasteiger charge is 2.21. The lowest BCUT2D eigenvalue weighted by Gasteiger charge is -2.23. The van der Waals surface area contributed by atoms with Gasteiger partial charge in [-0.2, -0.15) is 0 Å². The van der Waals surface area contributed by atoms with Crippen molar-refractivity contribution in [2.24, 2.45) is 0 Å². The summed E-state index contributed by atoms with van der Waals surface area (Å²) in [4.78, 5) is 11.5. The Balaban J connectivity index is 4.00. The molecule has 24 heavy (non-hydrogen) atoms. The Morgan fingerprint density at radius 2 is 1.33 bits per heavy atom. The average Bonchev–Trinajstić information content (AvgIpc) is 2.59. The van der Waals surface area contributed by atoms with E-state index in [-0.39, 0.29) is 6.10 Å². The second kappa shape index (κ2) is 17.0. The van der Waals surface area contributed by atoms with E-state index in [0.29, 0.717) is 0 Å². The van der Waals surface area contributed by atoms with Crippen LogP contribution in [0.3, 0.4) is 0 Å². The third-order valence-electron chi connectivity index (χ3n) is 4.56. The average molecular weight is 341 g/mol. The number of carbonyl (C=O) groups is 1. The molecule has 0 aromatic rings. The maximum atomic E-state index is 11.5. The van der Waals surface area contributed by atoms with E-state index in [0.717, 1.165) is 38.5 Å². The van der Waals surface area contributed by atoms with Gasteiger partial charge in [0.1, 0.15) is 6.10 Å². The van der Waals surface area contributed by atoms with E-state index < -0.39 is 12.1 Å². The number of aliphatic hydroxyl groups is 1. The molecule has 1 N–H and O–H groups in total. The summed E-state index contributed by atoms with van der Waals surface area (Å²) in [5.74, 6) is -0.424. The summed E-state index contributed by atoms with van der Waals surface area (Å²) < 4.78 is 5.37. The van der Waals surface area contributed by atoms with Gasteiger partial charge in [-0.05, 0) is 19.3 Å². The molecule has 0 aliphatic heterocycles. The lowest BCUT2D eigenvalue weighted by Crippen LogP contribution is -2.31. The molecule has 0 saturated heterocycles. The van der Waals surface area contributed by atoms with Crippen LogP contribution in [0.5, 0.6) is 0 Å². The van der Waals surface area contributed by atoms with Crippen LogP contribution >= 0.6 is 0 Å². The van der Waals surface area contributed by atoms with E-state index in [9.17, 15) is 9.90 Å². The van der Waals surface area contributed by atoms with Gasteiger partial charge in [0, 0.05) is 6.08 Å². The predicted octanol–water partition coefficient (Wildman–Crippen LogP) is 5.95. The summed E-state index contributed by atoms with van der Waals surface area (Å²) in [6.45, 7) is 7.87. The summed E-state index contributed by atoms with van der Waals surface area (Å²) in [6.07, 6.45) is 16.1. The molecule has 0 radical (unpaired) electrons. The van der Waals surface area contributed by atoms with E-state index in [1.807, 2.05) is 0 Å². The maximum absolute atomic E-state index is 11.5. The van der Waals surface area contributed by atoms with Crippen molar-refractivity contribution in [2.45, 2.75) is 116 Å². The molecule has 0 aliphatic carbocycles. The number of hydrogen-bond acceptors (Lipinski definition) is 3. The zero-order valence-electron chi connectivity index (χ0n) is 16.1. The SMILES string of the molecule is C=CC(=O)OC(CCCCCCC)C(O)CCCCCCCCC. The monoisotopic (exact) mass is 340 g/mol. The largest absolute Gasteiger partial charge is 0.456 e. The van der Waals surface area contributed by atoms with Crippen LogP contribution in [0.4, 0.5) is 0 Å². The first-order chi connectivity index (χ1) is 11.7. The van der Waals surface area contributed by atoms with Crippen LogP contribution in [0.1, 0.15) is 104 Å². The quantitative estimate of drug-likeness (QED) is 0.202. The molecule has 2 unspecified atom stereocenters. The second-order valence-electron chi connectivity index (χ2n) is 6.86. The summed E-state index contributed by atoms with van der Waals surface area (Å²) in [5, 5.41) is 10.4. The van der Waals surface area contributed by atoms with Crippen molar-refractivity contribution in [3.05, 3.63) is 12.7 Å². The first-order valence-corrected chi connectivity index (χ1v) is 10.2. The summed E-state index contributed by atoms with van der Waals surface area (Å²) in [7, 11) is 0. The molecule has 3 heteroatoms. The number of esters is 1. The summed E-state index contributed by atoms with van der Waals surface area (Å²) in [5.41, 5.74) is 0. The van der Waals surface area contributed by atoms with Gasteiger partial charge in [-0.15, -0.1) is 0 Å². The number of hydrogen-bond donors (Lipinski definition) is 1. The fourth-order valence-corrected chi connectivity index (χ4v) is 2.97. The van der Waals surface area contributed by atoms with Gasteiger partial charge >= 0.3 is 5.97 Å². The van der Waals surface area contributed by atoms with Gasteiger partial charge in [0.2, 0.25) is 0 Å². The molecule has 3 nitrogen and oxygen atoms in total. The van der Waals surface area contributed by atoms with Crippen molar-refractivity contribution < 1.29 is 14.6 Å². The zero-order chi connectivity index (χ0) is 18.0. The minimum absolute atomic E-state index is 0.378. The lowest BCUT2D eigenvalue weighted by atomic mass is 9.99. The normalized spacial score (nSPS) is 13.5. The lowest BCUT2D eigenvalue weighted by molar-refractivity contribution is -0.149. The first kappa shape index (κ1) is 23.2. The molecule has 0 bridgehead atoms. The third-order valence-corrected chi connectivity index (χ3v) is 4.56. The zero-order valence-corrected chi connectivity index (χ0v) is 16.1. The van der Waals surface area contributed by atoms with Crippen molar-refractivity contribution in [2.75, 3.05) is 0 Å². The Labute approximate surface area is 149 Å². The molecule has 0 amide bonds. The van der Waals surface area contributed by atoms with Crippen LogP contribution < -0.4 is 0 Å². The molecule has 0 aliphatic rings. The Hall–Kier alpha value is -0.830. The van der Waals surface area contributed by atoms with Crippen molar-refractivity contribution in [3.63, 3.8) is 0 Å². The van der Waals surface area contributed by atoms with Gasteiger partial charge < -0.3 is 9.84 Å². The van der Waals surface area contributed by atoms with E-state index in [1.54, 1.807) is 0 Å². The standard InChI is InChI=1S/C21H40O3/c1-4-7-9-11-12-14-15-17-19(22)20(24-21(23)6-3)18-16-13-10-8-5-2/h6,19-20,22H,3-5,7-18H2,1-2H3. The number of carbonyl (C=O) groups excluding carboxylic acids is 1. The van der Waals surface area contributed by atoms with Crippen LogP contribution in [-0.2, 0) is 9.53 Å². The third kappa shape index (κ3) is 13.6. The van der Waals surface area contributed by atoms with Gasteiger partial charge in [-0.25, -0.2) is 4.79 Å². The van der Waals surface area contributed by atoms with E-state index in [4.69, 9.17) is 4.74 Å². The minimum atomic E-state index is -0.546. The predicted molar refractivity (Wildman–Crippen MR) is 102 cm³/mol. The van der Waals surface area contributed by atoms with Gasteiger partial charge in [0.15, 0.2) is 0 Å². The van der Waals surface area contributed by atoms with Crippen molar-refractivity contribution in [3.8, 4) is 0 Å². The number of rotatable bonds is 17. The van der Waals surface area contributed by atoms with Crippen molar-refractivity contribution >= 4 is 5.97 Å². The Morgan fingerprint density at radius 3 is 1.83 bits per heavy atom. The van der Waals surface area contributed by atoms with Gasteiger partial charge in [-0.3, -0.25) is 0 Å². The summed E-state index contributed by atoms with van der Waals surface area (Å²) >= 11 is 0. The van der Waals surface area contributed by atoms with Gasteiger partial charge in [0.25, 0.3) is 0 Å². The maximum Gasteiger partial charge on any atom is 0.330 e. The van der Waals surface area contributed by atoms with Crippen LogP contribution in [0.2, 0.25) is 0 Å². The molecule has 0 spiro atoms. The molecule has 0 aromatic heterocycles. The highest BCUT2D eigenvalue weighted by molar-refractivity contribution is 5.81. The van der Waals surface area contributed by atoms with Crippen molar-refractivity contribution in [1.82, 2.24) is 0 Å². The fourth-order valence-electron chi connectivity index (χ4n) is 2.97. The van der Waals surface area contributed by atoms with Crippen LogP contribution in [0, 0.1) is 0 Å². The topological polar surface area (TPSA) is 46.5 Å². The molecule has 0 aromatic carbocycles. The Bertz CT molecular complexity index is 301. The molecular weight excluding hydrogens is 300 g/mol. The van der Waals surface area contributed by atoms with Gasteiger partial charge in [0.05, 0.1) is 6.10 Å². The second-order valence-corrected chi connectivity index (χ2v) is 6.86. The smallest absolute Gasteiger partial charge is 0.330 e. The van der Waals surface area contributed by atoms with Crippen LogP contribution in [0.25, 0.3) is 0 Å². The molecule has 142 valence electrons. The molecular formula is C21H40O3. The number of aliphatic hydroxyl groups excluding tert-OH is 1. The molecule has 0 fully saturated rings. The molecule has 0 heterocycles. The highest BCUT2D eigenvalue weighted by atomic mass is 16.6. The molecule has 0 rings (SSSR count). The summed E-state index contributed by atoms with van der Waals surface area (Å²) in [6, 6.07) is 0. The van der Waals surface area contributed by atoms with Gasteiger partial charge in [-0.1, -0.05) is 91.1 Å². The number of unbranched alkanes of at least 4 members (excludes halogenated alkanes) is 10. The Kier molecular flexibility index (Phi) is 16.4.